The summed E-state index contributed by atoms with van der Waals surface area (Å²) < 4.78 is 1.67. The normalized spacial score (nSPS) is 25.4. The predicted molar refractivity (Wildman–Crippen MR) is 61.8 cm³/mol. The van der Waals surface area contributed by atoms with Crippen molar-refractivity contribution in [1.29, 1.82) is 0 Å². The van der Waals surface area contributed by atoms with E-state index in [4.69, 9.17) is 5.73 Å². The molecular weight excluding hydrogens is 204 g/mol. The van der Waals surface area contributed by atoms with Gasteiger partial charge in [0.15, 0.2) is 0 Å². The molecule has 1 amide bonds. The quantitative estimate of drug-likeness (QED) is 0.780. The molecule has 0 unspecified atom stereocenters. The summed E-state index contributed by atoms with van der Waals surface area (Å²) in [6, 6.07) is 0.280. The van der Waals surface area contributed by atoms with Gasteiger partial charge >= 0.3 is 0 Å². The molecule has 0 saturated heterocycles. The summed E-state index contributed by atoms with van der Waals surface area (Å²) in [7, 11) is 1.83. The summed E-state index contributed by atoms with van der Waals surface area (Å²) in [4.78, 5) is 11.9. The number of amides is 1. The molecule has 0 atom stereocenters. The Balaban J connectivity index is 1.88. The molecule has 0 bridgehead atoms. The van der Waals surface area contributed by atoms with Gasteiger partial charge in [0, 0.05) is 25.2 Å². The molecule has 1 aliphatic carbocycles. The first-order valence-corrected chi connectivity index (χ1v) is 5.70. The van der Waals surface area contributed by atoms with Gasteiger partial charge in [0.25, 0.3) is 0 Å². The minimum Gasteiger partial charge on any atom is -0.328 e. The molecular formula is C11H18N4O. The van der Waals surface area contributed by atoms with Gasteiger partial charge in [-0.25, -0.2) is 0 Å². The lowest BCUT2D eigenvalue weighted by Gasteiger charge is -2.24. The highest BCUT2D eigenvalue weighted by Gasteiger charge is 2.24. The minimum absolute atomic E-state index is 0.0971. The zero-order valence-corrected chi connectivity index (χ0v) is 9.52. The fraction of sp³-hybridized carbons (Fsp3) is 0.636. The molecule has 0 radical (unpaired) electrons. The average Bonchev–Trinajstić information content (AvgIpc) is 2.65. The third-order valence-corrected chi connectivity index (χ3v) is 3.12. The first-order valence-electron chi connectivity index (χ1n) is 5.70. The van der Waals surface area contributed by atoms with Crippen molar-refractivity contribution in [3.8, 4) is 0 Å². The molecule has 3 N–H and O–H groups in total. The Hall–Kier alpha value is -1.36. The molecule has 0 aliphatic heterocycles. The van der Waals surface area contributed by atoms with Crippen LogP contribution in [-0.4, -0.2) is 21.7 Å². The Labute approximate surface area is 95.0 Å². The van der Waals surface area contributed by atoms with Crippen LogP contribution in [0, 0.1) is 5.92 Å². The standard InChI is InChI=1S/C11H18N4O/c1-15-7-10(6-13-15)14-11(16)8-2-4-9(12)5-3-8/h6-9H,2-5,12H2,1H3,(H,14,16). The number of aryl methyl sites for hydroxylation is 1. The van der Waals surface area contributed by atoms with E-state index in [1.54, 1.807) is 17.1 Å². The van der Waals surface area contributed by atoms with Crippen molar-refractivity contribution in [1.82, 2.24) is 9.78 Å². The topological polar surface area (TPSA) is 72.9 Å². The highest BCUT2D eigenvalue weighted by Crippen LogP contribution is 2.24. The van der Waals surface area contributed by atoms with Crippen LogP contribution in [0.25, 0.3) is 0 Å². The average molecular weight is 222 g/mol. The van der Waals surface area contributed by atoms with E-state index in [1.807, 2.05) is 7.05 Å². The van der Waals surface area contributed by atoms with Gasteiger partial charge in [0.2, 0.25) is 5.91 Å². The summed E-state index contributed by atoms with van der Waals surface area (Å²) in [5.41, 5.74) is 6.57. The molecule has 5 heteroatoms. The Morgan fingerprint density at radius 3 is 2.75 bits per heavy atom. The highest BCUT2D eigenvalue weighted by molar-refractivity contribution is 5.92. The maximum Gasteiger partial charge on any atom is 0.227 e. The van der Waals surface area contributed by atoms with Crippen LogP contribution in [0.5, 0.6) is 0 Å². The maximum absolute atomic E-state index is 11.9. The summed E-state index contributed by atoms with van der Waals surface area (Å²) >= 11 is 0. The van der Waals surface area contributed by atoms with Crippen LogP contribution in [0.1, 0.15) is 25.7 Å². The number of carbonyl (C=O) groups is 1. The zero-order chi connectivity index (χ0) is 11.5. The molecule has 2 rings (SSSR count). The fourth-order valence-electron chi connectivity index (χ4n) is 2.11. The predicted octanol–water partition coefficient (Wildman–Crippen LogP) is 0.876. The number of hydrogen-bond acceptors (Lipinski definition) is 3. The van der Waals surface area contributed by atoms with E-state index in [0.29, 0.717) is 0 Å². The number of hydrogen-bond donors (Lipinski definition) is 2. The zero-order valence-electron chi connectivity index (χ0n) is 9.52. The van der Waals surface area contributed by atoms with Gasteiger partial charge in [0.1, 0.15) is 0 Å². The van der Waals surface area contributed by atoms with Gasteiger partial charge in [-0.2, -0.15) is 5.10 Å². The Morgan fingerprint density at radius 1 is 1.50 bits per heavy atom. The summed E-state index contributed by atoms with van der Waals surface area (Å²) in [5, 5.41) is 6.89. The highest BCUT2D eigenvalue weighted by atomic mass is 16.1. The molecule has 1 aliphatic rings. The first kappa shape index (κ1) is 11.1. The van der Waals surface area contributed by atoms with E-state index in [-0.39, 0.29) is 17.9 Å². The molecule has 1 heterocycles. The number of nitrogens with one attached hydrogen (secondary N) is 1. The van der Waals surface area contributed by atoms with Crippen LogP contribution in [0.3, 0.4) is 0 Å². The lowest BCUT2D eigenvalue weighted by atomic mass is 9.86. The number of carbonyl (C=O) groups excluding carboxylic acids is 1. The van der Waals surface area contributed by atoms with Gasteiger partial charge < -0.3 is 11.1 Å². The van der Waals surface area contributed by atoms with Crippen molar-refractivity contribution in [3.63, 3.8) is 0 Å². The molecule has 1 saturated carbocycles. The Kier molecular flexibility index (Phi) is 3.24. The Bertz CT molecular complexity index is 366. The van der Waals surface area contributed by atoms with Crippen molar-refractivity contribution in [2.45, 2.75) is 31.7 Å². The molecule has 1 aromatic rings. The third kappa shape index (κ3) is 2.61. The van der Waals surface area contributed by atoms with E-state index in [0.717, 1.165) is 31.4 Å². The summed E-state index contributed by atoms with van der Waals surface area (Å²) in [6.45, 7) is 0. The van der Waals surface area contributed by atoms with Crippen LogP contribution in [0.2, 0.25) is 0 Å². The molecule has 16 heavy (non-hydrogen) atoms. The number of anilines is 1. The van der Waals surface area contributed by atoms with Gasteiger partial charge in [-0.3, -0.25) is 9.48 Å². The van der Waals surface area contributed by atoms with Gasteiger partial charge in [-0.1, -0.05) is 0 Å². The molecule has 88 valence electrons. The number of nitrogens with two attached hydrogens (primary N) is 1. The first-order chi connectivity index (χ1) is 7.65. The minimum atomic E-state index is 0.0971. The van der Waals surface area contributed by atoms with Crippen molar-refractivity contribution in [2.24, 2.45) is 18.7 Å². The van der Waals surface area contributed by atoms with Gasteiger partial charge in [-0.05, 0) is 25.7 Å². The Morgan fingerprint density at radius 2 is 2.19 bits per heavy atom. The van der Waals surface area contributed by atoms with Crippen molar-refractivity contribution >= 4 is 11.6 Å². The van der Waals surface area contributed by atoms with Crippen LogP contribution in [-0.2, 0) is 11.8 Å². The number of nitrogens with zero attached hydrogens (tertiary/aromatic N) is 2. The molecule has 5 nitrogen and oxygen atoms in total. The van der Waals surface area contributed by atoms with Gasteiger partial charge in [0.05, 0.1) is 11.9 Å². The second-order valence-electron chi connectivity index (χ2n) is 4.50. The van der Waals surface area contributed by atoms with E-state index in [9.17, 15) is 4.79 Å². The van der Waals surface area contributed by atoms with E-state index in [1.165, 1.54) is 0 Å². The fourth-order valence-corrected chi connectivity index (χ4v) is 2.11. The molecule has 0 spiro atoms. The second kappa shape index (κ2) is 4.65. The van der Waals surface area contributed by atoms with Gasteiger partial charge in [-0.15, -0.1) is 0 Å². The SMILES string of the molecule is Cn1cc(NC(=O)C2CCC(N)CC2)cn1. The summed E-state index contributed by atoms with van der Waals surface area (Å²) in [5.74, 6) is 0.208. The van der Waals surface area contributed by atoms with Crippen LogP contribution < -0.4 is 11.1 Å². The van der Waals surface area contributed by atoms with Crippen LogP contribution in [0.4, 0.5) is 5.69 Å². The molecule has 1 aromatic heterocycles. The van der Waals surface area contributed by atoms with Crippen LogP contribution in [0.15, 0.2) is 12.4 Å². The van der Waals surface area contributed by atoms with Crippen molar-refractivity contribution < 1.29 is 4.79 Å². The third-order valence-electron chi connectivity index (χ3n) is 3.12. The molecule has 1 fully saturated rings. The number of rotatable bonds is 2. The second-order valence-corrected chi connectivity index (χ2v) is 4.50. The van der Waals surface area contributed by atoms with Crippen LogP contribution >= 0.6 is 0 Å². The summed E-state index contributed by atoms with van der Waals surface area (Å²) in [6.07, 6.45) is 7.15. The largest absolute Gasteiger partial charge is 0.328 e. The smallest absolute Gasteiger partial charge is 0.227 e. The number of aromatic nitrogens is 2. The monoisotopic (exact) mass is 222 g/mol. The lowest BCUT2D eigenvalue weighted by Crippen LogP contribution is -2.32. The lowest BCUT2D eigenvalue weighted by molar-refractivity contribution is -0.120. The van der Waals surface area contributed by atoms with E-state index >= 15 is 0 Å². The molecule has 0 aromatic carbocycles. The van der Waals surface area contributed by atoms with Crippen molar-refractivity contribution in [2.75, 3.05) is 5.32 Å². The van der Waals surface area contributed by atoms with Crippen molar-refractivity contribution in [3.05, 3.63) is 12.4 Å². The maximum atomic E-state index is 11.9. The van der Waals surface area contributed by atoms with E-state index in [2.05, 4.69) is 10.4 Å². The van der Waals surface area contributed by atoms with E-state index < -0.39 is 0 Å².